The summed E-state index contributed by atoms with van der Waals surface area (Å²) in [5.74, 6) is 1.56. The summed E-state index contributed by atoms with van der Waals surface area (Å²) in [5.41, 5.74) is 0.846. The number of aliphatic imine (C=N–C) groups is 2. The van der Waals surface area contributed by atoms with Crippen molar-refractivity contribution >= 4 is 18.2 Å². The standard InChI is InChI=1S/C23H28F3N5O/c1-27-21(30-13-19(14-30)29-8-10-32-11-9-29)20-15-31(22(20)28-17-5-3-6-17)18-7-2-4-16(12-18)23(24,25)26/h2,4,7,12,17,19H,1,3,5-6,8-11,13-15H2/b21-20+,28-22+. The summed E-state index contributed by atoms with van der Waals surface area (Å²) < 4.78 is 45.1. The number of hydrogen-bond acceptors (Lipinski definition) is 5. The number of morpholine rings is 1. The molecule has 9 heteroatoms. The van der Waals surface area contributed by atoms with Crippen LogP contribution in [-0.4, -0.2) is 80.4 Å². The lowest BCUT2D eigenvalue weighted by molar-refractivity contribution is -0.137. The van der Waals surface area contributed by atoms with E-state index in [0.29, 0.717) is 18.3 Å². The lowest BCUT2D eigenvalue weighted by Gasteiger charge is -2.49. The molecule has 0 atom stereocenters. The third-order valence-electron chi connectivity index (χ3n) is 6.85. The van der Waals surface area contributed by atoms with E-state index in [4.69, 9.17) is 9.73 Å². The maximum absolute atomic E-state index is 13.2. The Labute approximate surface area is 186 Å². The van der Waals surface area contributed by atoms with Crippen molar-refractivity contribution in [1.82, 2.24) is 9.80 Å². The zero-order valence-electron chi connectivity index (χ0n) is 18.0. The highest BCUT2D eigenvalue weighted by atomic mass is 19.4. The monoisotopic (exact) mass is 447 g/mol. The van der Waals surface area contributed by atoms with Crippen LogP contribution in [0.2, 0.25) is 0 Å². The normalized spacial score (nSPS) is 25.9. The van der Waals surface area contributed by atoms with Crippen molar-refractivity contribution in [2.45, 2.75) is 37.5 Å². The van der Waals surface area contributed by atoms with Gasteiger partial charge in [0.25, 0.3) is 0 Å². The number of benzene rings is 1. The van der Waals surface area contributed by atoms with Crippen LogP contribution in [0.1, 0.15) is 24.8 Å². The summed E-state index contributed by atoms with van der Waals surface area (Å²) in [4.78, 5) is 15.7. The molecule has 1 aromatic rings. The molecule has 0 N–H and O–H groups in total. The first-order chi connectivity index (χ1) is 15.4. The van der Waals surface area contributed by atoms with Crippen molar-refractivity contribution in [3.8, 4) is 0 Å². The zero-order chi connectivity index (χ0) is 22.3. The Bertz CT molecular complexity index is 928. The molecular weight excluding hydrogens is 419 g/mol. The lowest BCUT2D eigenvalue weighted by atomic mass is 9.92. The molecule has 3 saturated heterocycles. The minimum Gasteiger partial charge on any atom is -0.379 e. The molecule has 4 fully saturated rings. The van der Waals surface area contributed by atoms with Gasteiger partial charge in [-0.25, -0.2) is 4.99 Å². The number of nitrogens with zero attached hydrogens (tertiary/aromatic N) is 5. The molecule has 0 amide bonds. The summed E-state index contributed by atoms with van der Waals surface area (Å²) >= 11 is 0. The van der Waals surface area contributed by atoms with Crippen molar-refractivity contribution in [2.24, 2.45) is 9.98 Å². The number of amidine groups is 1. The summed E-state index contributed by atoms with van der Waals surface area (Å²) in [5, 5.41) is 0. The number of alkyl halides is 3. The van der Waals surface area contributed by atoms with E-state index in [1.807, 2.05) is 4.90 Å². The first-order valence-corrected chi connectivity index (χ1v) is 11.2. The molecule has 0 spiro atoms. The molecule has 3 heterocycles. The Hall–Kier alpha value is -2.39. The van der Waals surface area contributed by atoms with E-state index < -0.39 is 11.7 Å². The maximum atomic E-state index is 13.2. The van der Waals surface area contributed by atoms with Gasteiger partial charge in [-0.3, -0.25) is 9.89 Å². The Balaban J connectivity index is 1.37. The van der Waals surface area contributed by atoms with Crippen LogP contribution in [-0.2, 0) is 10.9 Å². The third-order valence-corrected chi connectivity index (χ3v) is 6.85. The average molecular weight is 448 g/mol. The average Bonchev–Trinajstić information content (AvgIpc) is 2.70. The van der Waals surface area contributed by atoms with E-state index in [1.54, 1.807) is 6.07 Å². The molecule has 172 valence electrons. The largest absolute Gasteiger partial charge is 0.416 e. The van der Waals surface area contributed by atoms with Gasteiger partial charge in [0, 0.05) is 37.9 Å². The quantitative estimate of drug-likeness (QED) is 0.649. The van der Waals surface area contributed by atoms with Gasteiger partial charge < -0.3 is 14.5 Å². The highest BCUT2D eigenvalue weighted by Gasteiger charge is 2.40. The summed E-state index contributed by atoms with van der Waals surface area (Å²) in [6.07, 6.45) is -1.19. The zero-order valence-corrected chi connectivity index (χ0v) is 18.0. The van der Waals surface area contributed by atoms with Gasteiger partial charge in [0.05, 0.1) is 36.9 Å². The van der Waals surface area contributed by atoms with E-state index in [-0.39, 0.29) is 6.04 Å². The van der Waals surface area contributed by atoms with Gasteiger partial charge in [0.2, 0.25) is 0 Å². The highest BCUT2D eigenvalue weighted by molar-refractivity contribution is 6.17. The number of hydrogen-bond donors (Lipinski definition) is 0. The van der Waals surface area contributed by atoms with E-state index in [2.05, 4.69) is 21.5 Å². The van der Waals surface area contributed by atoms with Gasteiger partial charge in [0.1, 0.15) is 11.7 Å². The third kappa shape index (κ3) is 4.03. The first kappa shape index (κ1) is 21.5. The van der Waals surface area contributed by atoms with Crippen LogP contribution in [0.5, 0.6) is 0 Å². The Morgan fingerprint density at radius 1 is 1.12 bits per heavy atom. The Kier molecular flexibility index (Phi) is 5.71. The SMILES string of the molecule is C=N/C(=C1/CN(c2cccc(C(F)(F)F)c2)/C1=N/C1CCC1)N1CC(N2CCOCC2)C1. The number of ether oxygens (including phenoxy) is 1. The first-order valence-electron chi connectivity index (χ1n) is 11.2. The van der Waals surface area contributed by atoms with Crippen molar-refractivity contribution in [3.05, 3.63) is 41.2 Å². The molecule has 0 bridgehead atoms. The minimum absolute atomic E-state index is 0.233. The molecule has 5 rings (SSSR count). The Morgan fingerprint density at radius 3 is 2.50 bits per heavy atom. The molecule has 3 aliphatic heterocycles. The Morgan fingerprint density at radius 2 is 1.88 bits per heavy atom. The minimum atomic E-state index is -4.37. The van der Waals surface area contributed by atoms with Crippen LogP contribution in [0.25, 0.3) is 0 Å². The second-order valence-corrected chi connectivity index (χ2v) is 8.84. The maximum Gasteiger partial charge on any atom is 0.416 e. The van der Waals surface area contributed by atoms with E-state index in [9.17, 15) is 13.2 Å². The fraction of sp³-hybridized carbons (Fsp3) is 0.565. The second kappa shape index (κ2) is 8.51. The summed E-state index contributed by atoms with van der Waals surface area (Å²) in [6.45, 7) is 9.46. The van der Waals surface area contributed by atoms with E-state index in [0.717, 1.165) is 82.0 Å². The second-order valence-electron chi connectivity index (χ2n) is 8.84. The van der Waals surface area contributed by atoms with E-state index >= 15 is 0 Å². The highest BCUT2D eigenvalue weighted by Crippen LogP contribution is 2.37. The molecule has 4 aliphatic rings. The molecule has 0 unspecified atom stereocenters. The fourth-order valence-electron chi connectivity index (χ4n) is 4.63. The van der Waals surface area contributed by atoms with Crippen LogP contribution >= 0.6 is 0 Å². The number of likely N-dealkylation sites (tertiary alicyclic amines) is 1. The number of halogens is 3. The van der Waals surface area contributed by atoms with Gasteiger partial charge in [-0.1, -0.05) is 6.07 Å². The van der Waals surface area contributed by atoms with Gasteiger partial charge in [-0.2, -0.15) is 13.2 Å². The topological polar surface area (TPSA) is 43.7 Å². The smallest absolute Gasteiger partial charge is 0.379 e. The number of rotatable bonds is 5. The predicted molar refractivity (Wildman–Crippen MR) is 118 cm³/mol. The van der Waals surface area contributed by atoms with Crippen LogP contribution in [0.15, 0.2) is 45.6 Å². The lowest BCUT2D eigenvalue weighted by Crippen LogP contribution is -2.61. The molecule has 1 saturated carbocycles. The predicted octanol–water partition coefficient (Wildman–Crippen LogP) is 3.41. The molecule has 6 nitrogen and oxygen atoms in total. The van der Waals surface area contributed by atoms with Crippen molar-refractivity contribution < 1.29 is 17.9 Å². The fourth-order valence-corrected chi connectivity index (χ4v) is 4.63. The molecule has 0 radical (unpaired) electrons. The molecule has 32 heavy (non-hydrogen) atoms. The van der Waals surface area contributed by atoms with Crippen LogP contribution in [0.3, 0.4) is 0 Å². The van der Waals surface area contributed by atoms with E-state index in [1.165, 1.54) is 12.1 Å². The number of anilines is 1. The van der Waals surface area contributed by atoms with Crippen molar-refractivity contribution in [2.75, 3.05) is 50.8 Å². The summed E-state index contributed by atoms with van der Waals surface area (Å²) in [7, 11) is 0. The molecule has 1 aromatic carbocycles. The summed E-state index contributed by atoms with van der Waals surface area (Å²) in [6, 6.07) is 6.18. The van der Waals surface area contributed by atoms with Crippen LogP contribution < -0.4 is 4.90 Å². The molecule has 0 aromatic heterocycles. The van der Waals surface area contributed by atoms with Gasteiger partial charge in [-0.15, -0.1) is 0 Å². The van der Waals surface area contributed by atoms with Crippen LogP contribution in [0.4, 0.5) is 18.9 Å². The molecular formula is C23H28F3N5O. The van der Waals surface area contributed by atoms with Gasteiger partial charge >= 0.3 is 6.18 Å². The molecule has 1 aliphatic carbocycles. The van der Waals surface area contributed by atoms with Crippen LogP contribution in [0, 0.1) is 0 Å². The van der Waals surface area contributed by atoms with Crippen molar-refractivity contribution in [3.63, 3.8) is 0 Å². The van der Waals surface area contributed by atoms with Gasteiger partial charge in [0.15, 0.2) is 0 Å². The van der Waals surface area contributed by atoms with Gasteiger partial charge in [-0.05, 0) is 44.2 Å². The van der Waals surface area contributed by atoms with Crippen molar-refractivity contribution in [1.29, 1.82) is 0 Å².